The Balaban J connectivity index is 1.77. The molecule has 1 saturated carbocycles. The third-order valence-electron chi connectivity index (χ3n) is 4.81. The molecule has 1 saturated heterocycles. The number of sulfonamides is 2. The van der Waals surface area contributed by atoms with Gasteiger partial charge in [0.1, 0.15) is 0 Å². The second kappa shape index (κ2) is 7.32. The molecule has 2 aliphatic rings. The van der Waals surface area contributed by atoms with E-state index in [0.717, 1.165) is 32.1 Å². The number of piperidine rings is 1. The number of rotatable bonds is 7. The average Bonchev–Trinajstić information content (AvgIpc) is 3.46. The maximum Gasteiger partial charge on any atom is 0.243 e. The molecule has 0 bridgehead atoms. The zero-order valence-electron chi connectivity index (χ0n) is 14.1. The third kappa shape index (κ3) is 4.40. The number of benzene rings is 1. The molecule has 0 amide bonds. The highest BCUT2D eigenvalue weighted by Gasteiger charge is 2.30. The summed E-state index contributed by atoms with van der Waals surface area (Å²) >= 11 is 0. The van der Waals surface area contributed by atoms with Crippen LogP contribution in [0.3, 0.4) is 0 Å². The number of nitrogens with zero attached hydrogens (tertiary/aromatic N) is 1. The molecule has 1 heterocycles. The van der Waals surface area contributed by atoms with Crippen LogP contribution in [0.5, 0.6) is 0 Å². The molecule has 140 valence electrons. The SMILES string of the molecule is NC(CNS(=O)(=O)c1cccc(S(=O)(=O)N2CCCCC2)c1)C1CC1. The van der Waals surface area contributed by atoms with E-state index in [1.807, 2.05) is 0 Å². The molecule has 1 aromatic rings. The summed E-state index contributed by atoms with van der Waals surface area (Å²) < 4.78 is 54.3. The quantitative estimate of drug-likeness (QED) is 0.722. The molecule has 1 aromatic carbocycles. The van der Waals surface area contributed by atoms with E-state index >= 15 is 0 Å². The first-order valence-electron chi connectivity index (χ1n) is 8.66. The van der Waals surface area contributed by atoms with E-state index in [1.165, 1.54) is 28.6 Å². The van der Waals surface area contributed by atoms with Gasteiger partial charge in [-0.1, -0.05) is 12.5 Å². The van der Waals surface area contributed by atoms with Gasteiger partial charge in [0, 0.05) is 25.7 Å². The van der Waals surface area contributed by atoms with Gasteiger partial charge in [0.2, 0.25) is 20.0 Å². The molecule has 7 nitrogen and oxygen atoms in total. The lowest BCUT2D eigenvalue weighted by Gasteiger charge is -2.26. The second-order valence-corrected chi connectivity index (χ2v) is 10.5. The fraction of sp³-hybridized carbons (Fsp3) is 0.625. The van der Waals surface area contributed by atoms with Crippen LogP contribution in [0.15, 0.2) is 34.1 Å². The lowest BCUT2D eigenvalue weighted by Crippen LogP contribution is -2.38. The van der Waals surface area contributed by atoms with Crippen LogP contribution in [0.4, 0.5) is 0 Å². The van der Waals surface area contributed by atoms with Crippen molar-refractivity contribution in [3.8, 4) is 0 Å². The van der Waals surface area contributed by atoms with Crippen molar-refractivity contribution in [1.82, 2.24) is 9.03 Å². The molecule has 1 aliphatic heterocycles. The molecule has 25 heavy (non-hydrogen) atoms. The van der Waals surface area contributed by atoms with Crippen LogP contribution in [0.2, 0.25) is 0 Å². The van der Waals surface area contributed by atoms with E-state index in [1.54, 1.807) is 0 Å². The molecule has 1 atom stereocenters. The Kier molecular flexibility index (Phi) is 5.50. The predicted molar refractivity (Wildman–Crippen MR) is 94.9 cm³/mol. The lowest BCUT2D eigenvalue weighted by atomic mass is 10.2. The number of hydrogen-bond donors (Lipinski definition) is 2. The molecule has 1 unspecified atom stereocenters. The first kappa shape index (κ1) is 18.8. The Morgan fingerprint density at radius 2 is 1.72 bits per heavy atom. The van der Waals surface area contributed by atoms with Crippen molar-refractivity contribution >= 4 is 20.0 Å². The van der Waals surface area contributed by atoms with Gasteiger partial charge in [-0.2, -0.15) is 4.31 Å². The van der Waals surface area contributed by atoms with E-state index < -0.39 is 20.0 Å². The summed E-state index contributed by atoms with van der Waals surface area (Å²) in [4.78, 5) is -0.0302. The van der Waals surface area contributed by atoms with Crippen molar-refractivity contribution in [3.05, 3.63) is 24.3 Å². The number of nitrogens with two attached hydrogens (primary N) is 1. The van der Waals surface area contributed by atoms with Crippen LogP contribution >= 0.6 is 0 Å². The van der Waals surface area contributed by atoms with Gasteiger partial charge in [-0.15, -0.1) is 0 Å². The van der Waals surface area contributed by atoms with Crippen LogP contribution in [0.25, 0.3) is 0 Å². The van der Waals surface area contributed by atoms with Crippen molar-refractivity contribution in [2.24, 2.45) is 11.7 Å². The van der Waals surface area contributed by atoms with Crippen LogP contribution in [0, 0.1) is 5.92 Å². The van der Waals surface area contributed by atoms with E-state index in [2.05, 4.69) is 4.72 Å². The van der Waals surface area contributed by atoms with Gasteiger partial charge in [-0.25, -0.2) is 21.6 Å². The van der Waals surface area contributed by atoms with Crippen LogP contribution < -0.4 is 10.5 Å². The standard InChI is InChI=1S/C16H25N3O4S2/c17-16(13-7-8-13)12-18-24(20,21)14-5-4-6-15(11-14)25(22,23)19-9-2-1-3-10-19/h4-6,11,13,16,18H,1-3,7-10,12,17H2. The Hall–Kier alpha value is -1.00. The molecule has 9 heteroatoms. The number of hydrogen-bond acceptors (Lipinski definition) is 5. The summed E-state index contributed by atoms with van der Waals surface area (Å²) in [6.45, 7) is 1.12. The Labute approximate surface area is 149 Å². The Bertz CT molecular complexity index is 814. The van der Waals surface area contributed by atoms with Crippen molar-refractivity contribution in [2.45, 2.75) is 47.9 Å². The van der Waals surface area contributed by atoms with Crippen molar-refractivity contribution < 1.29 is 16.8 Å². The Morgan fingerprint density at radius 3 is 2.36 bits per heavy atom. The predicted octanol–water partition coefficient (Wildman–Crippen LogP) is 0.877. The minimum Gasteiger partial charge on any atom is -0.326 e. The minimum atomic E-state index is -3.79. The largest absolute Gasteiger partial charge is 0.326 e. The van der Waals surface area contributed by atoms with Crippen molar-refractivity contribution in [1.29, 1.82) is 0 Å². The van der Waals surface area contributed by atoms with Crippen LogP contribution in [-0.2, 0) is 20.0 Å². The van der Waals surface area contributed by atoms with Crippen LogP contribution in [0.1, 0.15) is 32.1 Å². The van der Waals surface area contributed by atoms with Gasteiger partial charge < -0.3 is 5.73 Å². The van der Waals surface area contributed by atoms with Gasteiger partial charge in [0.25, 0.3) is 0 Å². The fourth-order valence-corrected chi connectivity index (χ4v) is 5.79. The first-order chi connectivity index (χ1) is 11.8. The van der Waals surface area contributed by atoms with Gasteiger partial charge >= 0.3 is 0 Å². The van der Waals surface area contributed by atoms with Gasteiger partial charge in [-0.3, -0.25) is 0 Å². The molecule has 3 N–H and O–H groups in total. The zero-order valence-corrected chi connectivity index (χ0v) is 15.7. The van der Waals surface area contributed by atoms with Crippen molar-refractivity contribution in [3.63, 3.8) is 0 Å². The molecular formula is C16H25N3O4S2. The summed E-state index contributed by atoms with van der Waals surface area (Å²) in [6.07, 6.45) is 4.75. The zero-order chi connectivity index (χ0) is 18.1. The van der Waals surface area contributed by atoms with Gasteiger partial charge in [0.15, 0.2) is 0 Å². The highest BCUT2D eigenvalue weighted by Crippen LogP contribution is 2.31. The van der Waals surface area contributed by atoms with Crippen LogP contribution in [-0.4, -0.2) is 46.8 Å². The maximum atomic E-state index is 12.7. The second-order valence-electron chi connectivity index (χ2n) is 6.79. The lowest BCUT2D eigenvalue weighted by molar-refractivity contribution is 0.346. The maximum absolute atomic E-state index is 12.7. The fourth-order valence-electron chi connectivity index (χ4n) is 3.04. The summed E-state index contributed by atoms with van der Waals surface area (Å²) in [6, 6.07) is 5.34. The van der Waals surface area contributed by atoms with Gasteiger partial charge in [-0.05, 0) is 49.8 Å². The first-order valence-corrected chi connectivity index (χ1v) is 11.6. The van der Waals surface area contributed by atoms with Gasteiger partial charge in [0.05, 0.1) is 9.79 Å². The van der Waals surface area contributed by atoms with E-state index in [-0.39, 0.29) is 22.4 Å². The highest BCUT2D eigenvalue weighted by atomic mass is 32.2. The molecule has 2 fully saturated rings. The summed E-state index contributed by atoms with van der Waals surface area (Å²) in [5.74, 6) is 0.383. The highest BCUT2D eigenvalue weighted by molar-refractivity contribution is 7.90. The molecule has 0 aromatic heterocycles. The summed E-state index contributed by atoms with van der Waals surface area (Å²) in [7, 11) is -7.45. The van der Waals surface area contributed by atoms with E-state index in [4.69, 9.17) is 5.73 Å². The normalized spacial score (nSPS) is 21.2. The van der Waals surface area contributed by atoms with E-state index in [0.29, 0.717) is 19.0 Å². The molecule has 0 spiro atoms. The summed E-state index contributed by atoms with van der Waals surface area (Å²) in [5.41, 5.74) is 5.93. The minimum absolute atomic E-state index is 0.0174. The topological polar surface area (TPSA) is 110 Å². The smallest absolute Gasteiger partial charge is 0.243 e. The molecule has 3 rings (SSSR count). The molecule has 0 radical (unpaired) electrons. The molecular weight excluding hydrogens is 362 g/mol. The van der Waals surface area contributed by atoms with Crippen molar-refractivity contribution in [2.75, 3.05) is 19.6 Å². The monoisotopic (exact) mass is 387 g/mol. The summed E-state index contributed by atoms with van der Waals surface area (Å²) in [5, 5.41) is 0. The molecule has 1 aliphatic carbocycles. The van der Waals surface area contributed by atoms with E-state index in [9.17, 15) is 16.8 Å². The number of nitrogens with one attached hydrogen (secondary N) is 1. The Morgan fingerprint density at radius 1 is 1.08 bits per heavy atom. The average molecular weight is 388 g/mol. The third-order valence-corrected chi connectivity index (χ3v) is 8.12.